The molecule has 3 nitrogen and oxygen atoms in total. The zero-order chi connectivity index (χ0) is 10.3. The first kappa shape index (κ1) is 10.5. The summed E-state index contributed by atoms with van der Waals surface area (Å²) in [4.78, 5) is 11.4. The van der Waals surface area contributed by atoms with Gasteiger partial charge in [0.2, 0.25) is 0 Å². The summed E-state index contributed by atoms with van der Waals surface area (Å²) in [5.74, 6) is 0.0738. The minimum atomic E-state index is -0.718. The average Bonchev–Trinajstić information content (AvgIpc) is 2.73. The van der Waals surface area contributed by atoms with E-state index in [0.717, 1.165) is 6.42 Å². The van der Waals surface area contributed by atoms with Crippen LogP contribution in [0.25, 0.3) is 0 Å². The summed E-state index contributed by atoms with van der Waals surface area (Å²) in [6.45, 7) is 7.98. The van der Waals surface area contributed by atoms with Crippen LogP contribution < -0.4 is 0 Å². The molecule has 2 unspecified atom stereocenters. The first-order valence-electron chi connectivity index (χ1n) is 4.73. The van der Waals surface area contributed by atoms with Crippen LogP contribution in [0.4, 0.5) is 0 Å². The van der Waals surface area contributed by atoms with Gasteiger partial charge in [0.1, 0.15) is 5.60 Å². The Morgan fingerprint density at radius 2 is 2.08 bits per heavy atom. The van der Waals surface area contributed by atoms with Gasteiger partial charge in [-0.25, -0.2) is 4.79 Å². The number of carbonyl (C=O) groups is 1. The van der Waals surface area contributed by atoms with Crippen LogP contribution in [0.1, 0.15) is 34.1 Å². The maximum atomic E-state index is 11.4. The second-order valence-electron chi connectivity index (χ2n) is 4.02. The van der Waals surface area contributed by atoms with E-state index in [9.17, 15) is 4.79 Å². The van der Waals surface area contributed by atoms with Crippen molar-refractivity contribution in [2.24, 2.45) is 5.92 Å². The third-order valence-corrected chi connectivity index (χ3v) is 3.18. The van der Waals surface area contributed by atoms with Crippen molar-refractivity contribution in [3.05, 3.63) is 0 Å². The molecule has 1 aliphatic rings. The molecule has 0 N–H and O–H groups in total. The van der Waals surface area contributed by atoms with E-state index in [1.807, 2.05) is 13.8 Å². The molecule has 13 heavy (non-hydrogen) atoms. The van der Waals surface area contributed by atoms with Gasteiger partial charge in [-0.2, -0.15) is 0 Å². The van der Waals surface area contributed by atoms with Crippen LogP contribution >= 0.6 is 0 Å². The van der Waals surface area contributed by atoms with E-state index >= 15 is 0 Å². The predicted octanol–water partition coefficient (Wildman–Crippen LogP) is 1.75. The highest BCUT2D eigenvalue weighted by molar-refractivity contribution is 5.84. The van der Waals surface area contributed by atoms with Crippen LogP contribution in [0, 0.1) is 5.92 Å². The lowest BCUT2D eigenvalue weighted by atomic mass is 9.82. The quantitative estimate of drug-likeness (QED) is 0.498. The highest BCUT2D eigenvalue weighted by atomic mass is 16.7. The Morgan fingerprint density at radius 3 is 2.31 bits per heavy atom. The molecule has 1 rings (SSSR count). The van der Waals surface area contributed by atoms with Gasteiger partial charge in [-0.05, 0) is 19.3 Å². The Balaban J connectivity index is 2.83. The molecule has 1 saturated heterocycles. The fourth-order valence-corrected chi connectivity index (χ4v) is 2.23. The van der Waals surface area contributed by atoms with Crippen LogP contribution in [0.15, 0.2) is 0 Å². The smallest absolute Gasteiger partial charge is 0.340 e. The van der Waals surface area contributed by atoms with Crippen LogP contribution in [0.5, 0.6) is 0 Å². The zero-order valence-corrected chi connectivity index (χ0v) is 9.01. The van der Waals surface area contributed by atoms with E-state index < -0.39 is 5.60 Å². The summed E-state index contributed by atoms with van der Waals surface area (Å²) in [5, 5.41) is 0. The Labute approximate surface area is 79.4 Å². The Morgan fingerprint density at radius 1 is 1.54 bits per heavy atom. The van der Waals surface area contributed by atoms with Gasteiger partial charge in [0.15, 0.2) is 5.60 Å². The summed E-state index contributed by atoms with van der Waals surface area (Å²) in [6, 6.07) is 0. The van der Waals surface area contributed by atoms with Crippen molar-refractivity contribution in [1.29, 1.82) is 0 Å². The van der Waals surface area contributed by atoms with E-state index in [1.165, 1.54) is 7.11 Å². The van der Waals surface area contributed by atoms with Gasteiger partial charge < -0.3 is 9.47 Å². The minimum absolute atomic E-state index is 0.261. The van der Waals surface area contributed by atoms with Gasteiger partial charge in [-0.1, -0.05) is 20.8 Å². The molecule has 0 amide bonds. The van der Waals surface area contributed by atoms with Gasteiger partial charge in [-0.3, -0.25) is 0 Å². The number of epoxide rings is 1. The van der Waals surface area contributed by atoms with Gasteiger partial charge in [0.25, 0.3) is 0 Å². The molecule has 1 fully saturated rings. The van der Waals surface area contributed by atoms with Crippen molar-refractivity contribution in [2.75, 3.05) is 7.11 Å². The molecule has 0 spiro atoms. The highest BCUT2D eigenvalue weighted by Gasteiger charge is 2.72. The standard InChI is InChI=1S/C10H18O3/c1-6-10(7(2)3)9(4,13-10)8(11)12-5/h7H,6H2,1-5H3. The predicted molar refractivity (Wildman–Crippen MR) is 49.4 cm³/mol. The molecule has 0 aromatic carbocycles. The number of rotatable bonds is 3. The molecule has 1 aliphatic heterocycles. The Bertz CT molecular complexity index is 224. The summed E-state index contributed by atoms with van der Waals surface area (Å²) >= 11 is 0. The second kappa shape index (κ2) is 2.98. The first-order chi connectivity index (χ1) is 5.94. The monoisotopic (exact) mass is 186 g/mol. The minimum Gasteiger partial charge on any atom is -0.467 e. The zero-order valence-electron chi connectivity index (χ0n) is 9.01. The molecule has 0 aliphatic carbocycles. The lowest BCUT2D eigenvalue weighted by Crippen LogP contribution is -2.35. The van der Waals surface area contributed by atoms with Crippen LogP contribution in [-0.2, 0) is 14.3 Å². The van der Waals surface area contributed by atoms with Crippen LogP contribution in [0.2, 0.25) is 0 Å². The number of esters is 1. The summed E-state index contributed by atoms with van der Waals surface area (Å²) < 4.78 is 10.3. The topological polar surface area (TPSA) is 38.8 Å². The molecular weight excluding hydrogens is 168 g/mol. The van der Waals surface area contributed by atoms with E-state index in [4.69, 9.17) is 9.47 Å². The number of hydrogen-bond acceptors (Lipinski definition) is 3. The molecule has 1 heterocycles. The number of hydrogen-bond donors (Lipinski definition) is 0. The van der Waals surface area contributed by atoms with Gasteiger partial charge in [0, 0.05) is 0 Å². The second-order valence-corrected chi connectivity index (χ2v) is 4.02. The van der Waals surface area contributed by atoms with Gasteiger partial charge in [-0.15, -0.1) is 0 Å². The fourth-order valence-electron chi connectivity index (χ4n) is 2.23. The molecule has 3 heteroatoms. The first-order valence-corrected chi connectivity index (χ1v) is 4.73. The molecule has 76 valence electrons. The number of ether oxygens (including phenoxy) is 2. The molecule has 0 radical (unpaired) electrons. The maximum absolute atomic E-state index is 11.4. The maximum Gasteiger partial charge on any atom is 0.340 e. The van der Waals surface area contributed by atoms with Crippen molar-refractivity contribution in [1.82, 2.24) is 0 Å². The normalized spacial score (nSPS) is 37.7. The molecular formula is C10H18O3. The molecule has 2 atom stereocenters. The van der Waals surface area contributed by atoms with Crippen molar-refractivity contribution in [3.63, 3.8) is 0 Å². The van der Waals surface area contributed by atoms with Crippen molar-refractivity contribution in [2.45, 2.75) is 45.3 Å². The van der Waals surface area contributed by atoms with E-state index in [0.29, 0.717) is 5.92 Å². The van der Waals surface area contributed by atoms with Crippen molar-refractivity contribution >= 4 is 5.97 Å². The Kier molecular flexibility index (Phi) is 2.41. The molecule has 0 saturated carbocycles. The van der Waals surface area contributed by atoms with E-state index in [-0.39, 0.29) is 11.6 Å². The Hall–Kier alpha value is -0.570. The van der Waals surface area contributed by atoms with E-state index in [2.05, 4.69) is 13.8 Å². The van der Waals surface area contributed by atoms with Crippen molar-refractivity contribution < 1.29 is 14.3 Å². The fraction of sp³-hybridized carbons (Fsp3) is 0.900. The van der Waals surface area contributed by atoms with Crippen LogP contribution in [0.3, 0.4) is 0 Å². The summed E-state index contributed by atoms with van der Waals surface area (Å²) in [6.07, 6.45) is 0.844. The lowest BCUT2D eigenvalue weighted by molar-refractivity contribution is -0.146. The third kappa shape index (κ3) is 1.17. The average molecular weight is 186 g/mol. The van der Waals surface area contributed by atoms with Crippen LogP contribution in [-0.4, -0.2) is 24.3 Å². The molecule has 0 bridgehead atoms. The third-order valence-electron chi connectivity index (χ3n) is 3.18. The largest absolute Gasteiger partial charge is 0.467 e. The highest BCUT2D eigenvalue weighted by Crippen LogP contribution is 2.55. The summed E-state index contributed by atoms with van der Waals surface area (Å²) in [7, 11) is 1.40. The number of methoxy groups -OCH3 is 1. The van der Waals surface area contributed by atoms with E-state index in [1.54, 1.807) is 0 Å². The number of carbonyl (C=O) groups excluding carboxylic acids is 1. The molecule has 0 aromatic heterocycles. The summed E-state index contributed by atoms with van der Waals surface area (Å²) in [5.41, 5.74) is -1.02. The van der Waals surface area contributed by atoms with Crippen molar-refractivity contribution in [3.8, 4) is 0 Å². The lowest BCUT2D eigenvalue weighted by Gasteiger charge is -2.17. The molecule has 0 aromatic rings. The van der Waals surface area contributed by atoms with Gasteiger partial charge >= 0.3 is 5.97 Å². The van der Waals surface area contributed by atoms with Gasteiger partial charge in [0.05, 0.1) is 7.11 Å². The SMILES string of the molecule is CCC1(C(C)C)OC1(C)C(=O)OC.